The van der Waals surface area contributed by atoms with E-state index in [1.54, 1.807) is 0 Å². The van der Waals surface area contributed by atoms with Crippen LogP contribution in [0.4, 0.5) is 0 Å². The van der Waals surface area contributed by atoms with Crippen LogP contribution in [0.1, 0.15) is 17.3 Å². The summed E-state index contributed by atoms with van der Waals surface area (Å²) >= 11 is 0. The van der Waals surface area contributed by atoms with Gasteiger partial charge >= 0.3 is 11.9 Å². The van der Waals surface area contributed by atoms with E-state index in [0.29, 0.717) is 11.3 Å². The second-order valence-electron chi connectivity index (χ2n) is 7.40. The highest BCUT2D eigenvalue weighted by atomic mass is 16.5. The molecule has 1 aliphatic rings. The summed E-state index contributed by atoms with van der Waals surface area (Å²) in [4.78, 5) is 33.7. The summed E-state index contributed by atoms with van der Waals surface area (Å²) in [5.41, 5.74) is 1.05. The molecule has 0 aliphatic carbocycles. The van der Waals surface area contributed by atoms with Crippen molar-refractivity contribution in [2.24, 2.45) is 0 Å². The lowest BCUT2D eigenvalue weighted by Gasteiger charge is -2.38. The quantitative estimate of drug-likeness (QED) is 0.269. The number of nitrogens with zero attached hydrogens (tertiary/aromatic N) is 3. The number of carbonyl (C=O) groups is 3. The minimum Gasteiger partial charge on any atom is -0.478 e. The molecule has 0 saturated carbocycles. The van der Waals surface area contributed by atoms with Gasteiger partial charge in [0, 0.05) is 12.5 Å². The molecular weight excluding hydrogens is 440 g/mol. The number of rotatable bonds is 8. The van der Waals surface area contributed by atoms with E-state index in [1.807, 2.05) is 0 Å². The summed E-state index contributed by atoms with van der Waals surface area (Å²) < 4.78 is 6.46. The van der Waals surface area contributed by atoms with Gasteiger partial charge in [-0.15, -0.1) is 5.10 Å². The van der Waals surface area contributed by atoms with Crippen molar-refractivity contribution in [3.05, 3.63) is 47.9 Å². The molecule has 2 aromatic rings. The second-order valence-corrected chi connectivity index (χ2v) is 7.40. The van der Waals surface area contributed by atoms with Crippen LogP contribution in [0.5, 0.6) is 0 Å². The monoisotopic (exact) mass is 462 g/mol. The molecule has 1 aromatic carbocycles. The Labute approximate surface area is 186 Å². The maximum absolute atomic E-state index is 11.5. The lowest BCUT2D eigenvalue weighted by molar-refractivity contribution is -0.148. The van der Waals surface area contributed by atoms with Gasteiger partial charge in [-0.05, 0) is 18.2 Å². The Balaban J connectivity index is 1.74. The normalized spacial score (nSPS) is 21.9. The van der Waals surface area contributed by atoms with Gasteiger partial charge in [-0.2, -0.15) is 0 Å². The van der Waals surface area contributed by atoms with Gasteiger partial charge in [-0.3, -0.25) is 4.79 Å². The molecule has 3 rings (SSSR count). The predicted octanol–water partition coefficient (Wildman–Crippen LogP) is -1.40. The molecule has 13 nitrogen and oxygen atoms in total. The van der Waals surface area contributed by atoms with Gasteiger partial charge in [0.25, 0.3) is 0 Å². The average molecular weight is 462 g/mol. The van der Waals surface area contributed by atoms with Crippen molar-refractivity contribution >= 4 is 17.8 Å². The SMILES string of the molecule is CC(=O)N[C@H]1[C@H]([C@H](O)[C@H](O)Cn2cc(-c3ccc(C(=O)O)cc3)nn2)OC(C(=O)O)=C[C@@H]1O. The molecule has 176 valence electrons. The number of carboxylic acids is 2. The van der Waals surface area contributed by atoms with Crippen LogP contribution < -0.4 is 5.32 Å². The smallest absolute Gasteiger partial charge is 0.370 e. The first kappa shape index (κ1) is 23.8. The number of nitrogens with one attached hydrogen (secondary N) is 1. The fourth-order valence-electron chi connectivity index (χ4n) is 3.34. The van der Waals surface area contributed by atoms with Crippen molar-refractivity contribution in [2.45, 2.75) is 43.9 Å². The number of benzene rings is 1. The Bertz CT molecular complexity index is 1070. The van der Waals surface area contributed by atoms with Gasteiger partial charge < -0.3 is 35.6 Å². The molecule has 1 aliphatic heterocycles. The van der Waals surface area contributed by atoms with Crippen LogP contribution in [-0.4, -0.2) is 88.8 Å². The lowest BCUT2D eigenvalue weighted by Crippen LogP contribution is -2.59. The average Bonchev–Trinajstić information content (AvgIpc) is 3.22. The topological polar surface area (TPSA) is 204 Å². The number of ether oxygens (including phenoxy) is 1. The molecule has 2 heterocycles. The molecule has 1 amide bonds. The molecule has 0 radical (unpaired) electrons. The van der Waals surface area contributed by atoms with Crippen molar-refractivity contribution in [1.82, 2.24) is 20.3 Å². The number of aromatic carboxylic acids is 1. The first-order chi connectivity index (χ1) is 15.6. The fourth-order valence-corrected chi connectivity index (χ4v) is 3.34. The molecule has 5 atom stereocenters. The van der Waals surface area contributed by atoms with Gasteiger partial charge in [0.15, 0.2) is 6.10 Å². The van der Waals surface area contributed by atoms with Crippen LogP contribution >= 0.6 is 0 Å². The molecule has 0 bridgehead atoms. The molecule has 0 spiro atoms. The van der Waals surface area contributed by atoms with Crippen LogP contribution in [-0.2, 0) is 20.9 Å². The molecule has 1 aromatic heterocycles. The molecule has 0 fully saturated rings. The maximum atomic E-state index is 11.5. The number of aliphatic hydroxyl groups excluding tert-OH is 3. The Morgan fingerprint density at radius 3 is 2.39 bits per heavy atom. The molecular formula is C20H22N4O9. The first-order valence-electron chi connectivity index (χ1n) is 9.73. The highest BCUT2D eigenvalue weighted by molar-refractivity contribution is 5.88. The van der Waals surface area contributed by atoms with Crippen LogP contribution in [0.15, 0.2) is 42.3 Å². The van der Waals surface area contributed by atoms with Crippen LogP contribution in [0.3, 0.4) is 0 Å². The number of aliphatic carboxylic acids is 1. The van der Waals surface area contributed by atoms with Crippen molar-refractivity contribution in [3.8, 4) is 11.3 Å². The summed E-state index contributed by atoms with van der Waals surface area (Å²) in [6, 6.07) is 4.67. The Morgan fingerprint density at radius 1 is 1.15 bits per heavy atom. The van der Waals surface area contributed by atoms with Crippen molar-refractivity contribution in [3.63, 3.8) is 0 Å². The summed E-state index contributed by atoms with van der Waals surface area (Å²) in [5, 5.41) is 59.7. The number of carbonyl (C=O) groups excluding carboxylic acids is 1. The van der Waals surface area contributed by atoms with Gasteiger partial charge in [-0.1, -0.05) is 17.3 Å². The Kier molecular flexibility index (Phi) is 7.06. The summed E-state index contributed by atoms with van der Waals surface area (Å²) in [7, 11) is 0. The van der Waals surface area contributed by atoms with Crippen LogP contribution in [0, 0.1) is 0 Å². The number of aromatic nitrogens is 3. The zero-order chi connectivity index (χ0) is 24.3. The molecule has 33 heavy (non-hydrogen) atoms. The van der Waals surface area contributed by atoms with Crippen molar-refractivity contribution < 1.29 is 44.7 Å². The Morgan fingerprint density at radius 2 is 1.82 bits per heavy atom. The minimum absolute atomic E-state index is 0.0999. The second kappa shape index (κ2) is 9.77. The van der Waals surface area contributed by atoms with Gasteiger partial charge in [0.2, 0.25) is 11.7 Å². The van der Waals surface area contributed by atoms with E-state index in [-0.39, 0.29) is 12.1 Å². The largest absolute Gasteiger partial charge is 0.478 e. The third kappa shape index (κ3) is 5.52. The van der Waals surface area contributed by atoms with Gasteiger partial charge in [0.1, 0.15) is 24.0 Å². The highest BCUT2D eigenvalue weighted by Crippen LogP contribution is 2.24. The number of carboxylic acid groups (broad SMARTS) is 2. The minimum atomic E-state index is -1.72. The van der Waals surface area contributed by atoms with E-state index in [4.69, 9.17) is 14.9 Å². The summed E-state index contributed by atoms with van der Waals surface area (Å²) in [6.45, 7) is 0.888. The molecule has 0 unspecified atom stereocenters. The van der Waals surface area contributed by atoms with Crippen LogP contribution in [0.25, 0.3) is 11.3 Å². The Hall–Kier alpha value is -3.81. The van der Waals surface area contributed by atoms with E-state index in [1.165, 1.54) is 42.1 Å². The summed E-state index contributed by atoms with van der Waals surface area (Å²) in [5.74, 6) is -3.75. The standard InChI is InChI=1S/C20H22N4O9/c1-9(25)21-16-13(26)6-15(20(31)32)33-18(16)17(28)14(27)8-24-7-12(22-23-24)10-2-4-11(5-3-10)19(29)30/h2-7,13-14,16-18,26-28H,8H2,1H3,(H,21,25)(H,29,30)(H,31,32)/t13-,14+,16+,17+,18+/m0/s1. The zero-order valence-corrected chi connectivity index (χ0v) is 17.3. The predicted molar refractivity (Wildman–Crippen MR) is 109 cm³/mol. The van der Waals surface area contributed by atoms with Crippen molar-refractivity contribution in [1.29, 1.82) is 0 Å². The van der Waals surface area contributed by atoms with Crippen molar-refractivity contribution in [2.75, 3.05) is 0 Å². The first-order valence-corrected chi connectivity index (χ1v) is 9.73. The summed E-state index contributed by atoms with van der Waals surface area (Å²) in [6.07, 6.45) is -3.87. The number of hydrogen-bond acceptors (Lipinski definition) is 9. The number of aliphatic hydroxyl groups is 3. The van der Waals surface area contributed by atoms with Crippen LogP contribution in [0.2, 0.25) is 0 Å². The highest BCUT2D eigenvalue weighted by Gasteiger charge is 2.43. The lowest BCUT2D eigenvalue weighted by atomic mass is 9.93. The van der Waals surface area contributed by atoms with E-state index in [0.717, 1.165) is 6.08 Å². The van der Waals surface area contributed by atoms with E-state index in [2.05, 4.69) is 15.6 Å². The van der Waals surface area contributed by atoms with Gasteiger partial charge in [0.05, 0.1) is 24.3 Å². The zero-order valence-electron chi connectivity index (χ0n) is 17.3. The van der Waals surface area contributed by atoms with E-state index in [9.17, 15) is 29.7 Å². The van der Waals surface area contributed by atoms with Gasteiger partial charge in [-0.25, -0.2) is 14.3 Å². The van der Waals surface area contributed by atoms with E-state index < -0.39 is 54.1 Å². The molecule has 0 saturated heterocycles. The fraction of sp³-hybridized carbons (Fsp3) is 0.350. The molecule has 6 N–H and O–H groups in total. The number of hydrogen-bond donors (Lipinski definition) is 6. The maximum Gasteiger partial charge on any atom is 0.370 e. The van der Waals surface area contributed by atoms with E-state index >= 15 is 0 Å². The number of amides is 1. The third-order valence-electron chi connectivity index (χ3n) is 4.96. The molecule has 13 heteroatoms. The third-order valence-corrected chi connectivity index (χ3v) is 4.96.